The third kappa shape index (κ3) is 6.01. The molecule has 33 heavy (non-hydrogen) atoms. The lowest BCUT2D eigenvalue weighted by Crippen LogP contribution is -2.65. The third-order valence-electron chi connectivity index (χ3n) is 5.18. The van der Waals surface area contributed by atoms with Crippen molar-refractivity contribution in [3.05, 3.63) is 48.0 Å². The van der Waals surface area contributed by atoms with Gasteiger partial charge in [0.1, 0.15) is 30.1 Å². The number of ether oxygens (including phenoxy) is 2. The maximum Gasteiger partial charge on any atom is 0.229 e. The minimum absolute atomic E-state index is 0.340. The van der Waals surface area contributed by atoms with Gasteiger partial charge in [-0.1, -0.05) is 24.3 Å². The molecule has 0 spiro atoms. The summed E-state index contributed by atoms with van der Waals surface area (Å²) in [6, 6.07) is 10.9. The summed E-state index contributed by atoms with van der Waals surface area (Å²) in [7, 11) is -3.47. The Morgan fingerprint density at radius 3 is 2.48 bits per heavy atom. The first-order valence-corrected chi connectivity index (χ1v) is 12.1. The van der Waals surface area contributed by atoms with E-state index in [0.717, 1.165) is 11.8 Å². The van der Waals surface area contributed by atoms with Gasteiger partial charge < -0.3 is 30.1 Å². The summed E-state index contributed by atoms with van der Waals surface area (Å²) in [5.41, 5.74) is 2.48. The molecule has 1 aliphatic heterocycles. The molecule has 5 N–H and O–H groups in total. The Bertz CT molecular complexity index is 1110. The number of aliphatic hydroxyl groups is 3. The highest BCUT2D eigenvalue weighted by Gasteiger charge is 2.46. The molecule has 1 aliphatic rings. The first kappa shape index (κ1) is 24.9. The molecule has 2 aromatic rings. The maximum absolute atomic E-state index is 11.7. The van der Waals surface area contributed by atoms with Gasteiger partial charge in [0.15, 0.2) is 0 Å². The molecule has 2 aromatic carbocycles. The molecule has 5 atom stereocenters. The molecular weight excluding hydrogens is 452 g/mol. The van der Waals surface area contributed by atoms with Crippen molar-refractivity contribution in [3.63, 3.8) is 0 Å². The molecule has 1 amide bonds. The number of sulfonamides is 1. The molecule has 180 valence electrons. The van der Waals surface area contributed by atoms with Crippen molar-refractivity contribution in [2.45, 2.75) is 44.5 Å². The minimum Gasteiger partial charge on any atom is -0.462 e. The number of benzene rings is 2. The topological polar surface area (TPSA) is 154 Å². The Morgan fingerprint density at radius 2 is 1.85 bits per heavy atom. The lowest BCUT2D eigenvalue weighted by atomic mass is 9.96. The minimum atomic E-state index is -3.47. The van der Waals surface area contributed by atoms with Crippen LogP contribution < -0.4 is 14.8 Å². The van der Waals surface area contributed by atoms with Gasteiger partial charge in [0.05, 0.1) is 12.9 Å². The van der Waals surface area contributed by atoms with Gasteiger partial charge >= 0.3 is 0 Å². The number of hydrogen-bond donors (Lipinski definition) is 5. The standard InChI is InChI=1S/C22H28N2O8S/c1-12-6-4-9-16(18(12)14-7-5-8-15(10-14)24-33(3,29)30)31-22-19(23-13(2)26)21(28)20(27)17(11-25)32-22/h4-10,17,19-22,24-25,27-28H,11H2,1-3H3,(H,23,26)/t17?,19?,20-,21+,22+/m0/s1. The number of aryl methyl sites for hydroxylation is 1. The fourth-order valence-electron chi connectivity index (χ4n) is 3.76. The molecule has 1 fully saturated rings. The zero-order valence-electron chi connectivity index (χ0n) is 18.4. The summed E-state index contributed by atoms with van der Waals surface area (Å²) in [6.07, 6.45) is -4.15. The molecule has 11 heteroatoms. The van der Waals surface area contributed by atoms with Crippen molar-refractivity contribution in [1.29, 1.82) is 0 Å². The highest BCUT2D eigenvalue weighted by Crippen LogP contribution is 2.36. The van der Waals surface area contributed by atoms with Gasteiger partial charge in [0.2, 0.25) is 22.2 Å². The van der Waals surface area contributed by atoms with E-state index >= 15 is 0 Å². The van der Waals surface area contributed by atoms with E-state index in [-0.39, 0.29) is 0 Å². The lowest BCUT2D eigenvalue weighted by Gasteiger charge is -2.42. The van der Waals surface area contributed by atoms with E-state index in [1.54, 1.807) is 36.4 Å². The van der Waals surface area contributed by atoms with Crippen molar-refractivity contribution < 1.29 is 38.0 Å². The van der Waals surface area contributed by atoms with Gasteiger partial charge in [-0.15, -0.1) is 0 Å². The molecule has 10 nitrogen and oxygen atoms in total. The number of nitrogens with one attached hydrogen (secondary N) is 2. The first-order valence-electron chi connectivity index (χ1n) is 10.2. The Labute approximate surface area is 192 Å². The van der Waals surface area contributed by atoms with Crippen LogP contribution in [-0.4, -0.2) is 73.2 Å². The smallest absolute Gasteiger partial charge is 0.229 e. The van der Waals surface area contributed by atoms with Crippen LogP contribution in [0.5, 0.6) is 5.75 Å². The van der Waals surface area contributed by atoms with E-state index in [0.29, 0.717) is 22.6 Å². The molecule has 0 aromatic heterocycles. The van der Waals surface area contributed by atoms with Gasteiger partial charge in [0, 0.05) is 18.2 Å². The maximum atomic E-state index is 11.7. The summed E-state index contributed by atoms with van der Waals surface area (Å²) >= 11 is 0. The van der Waals surface area contributed by atoms with Crippen molar-refractivity contribution in [1.82, 2.24) is 5.32 Å². The summed E-state index contributed by atoms with van der Waals surface area (Å²) in [5.74, 6) is -0.123. The summed E-state index contributed by atoms with van der Waals surface area (Å²) in [4.78, 5) is 11.7. The molecule has 3 rings (SSSR count). The Hall–Kier alpha value is -2.70. The van der Waals surface area contributed by atoms with Crippen LogP contribution in [0.15, 0.2) is 42.5 Å². The van der Waals surface area contributed by atoms with E-state index in [1.165, 1.54) is 6.92 Å². The number of amides is 1. The number of hydrogen-bond acceptors (Lipinski definition) is 8. The largest absolute Gasteiger partial charge is 0.462 e. The zero-order chi connectivity index (χ0) is 24.3. The van der Waals surface area contributed by atoms with Gasteiger partial charge in [-0.25, -0.2) is 8.42 Å². The Morgan fingerprint density at radius 1 is 1.15 bits per heavy atom. The summed E-state index contributed by atoms with van der Waals surface area (Å²) in [6.45, 7) is 2.54. The van der Waals surface area contributed by atoms with Crippen molar-refractivity contribution in [2.24, 2.45) is 0 Å². The number of aliphatic hydroxyl groups excluding tert-OH is 3. The Kier molecular flexibility index (Phi) is 7.60. The average molecular weight is 481 g/mol. The van der Waals surface area contributed by atoms with E-state index in [9.17, 15) is 28.5 Å². The normalized spacial score (nSPS) is 25.3. The second kappa shape index (κ2) is 10.1. The second-order valence-corrected chi connectivity index (χ2v) is 9.70. The predicted molar refractivity (Wildman–Crippen MR) is 121 cm³/mol. The molecule has 0 radical (unpaired) electrons. The van der Waals surface area contributed by atoms with Crippen LogP contribution in [-0.2, 0) is 19.6 Å². The van der Waals surface area contributed by atoms with Crippen molar-refractivity contribution in [3.8, 4) is 16.9 Å². The van der Waals surface area contributed by atoms with Crippen LogP contribution >= 0.6 is 0 Å². The average Bonchev–Trinajstić information content (AvgIpc) is 2.72. The molecule has 0 saturated carbocycles. The molecule has 1 heterocycles. The highest BCUT2D eigenvalue weighted by atomic mass is 32.2. The Balaban J connectivity index is 2.00. The number of carbonyl (C=O) groups is 1. The molecule has 0 bridgehead atoms. The van der Waals surface area contributed by atoms with Crippen LogP contribution in [0.1, 0.15) is 12.5 Å². The van der Waals surface area contributed by atoms with Crippen LogP contribution in [0.2, 0.25) is 0 Å². The van der Waals surface area contributed by atoms with E-state index in [2.05, 4.69) is 10.0 Å². The number of rotatable bonds is 7. The summed E-state index contributed by atoms with van der Waals surface area (Å²) < 4.78 is 37.4. The van der Waals surface area contributed by atoms with Gasteiger partial charge in [0.25, 0.3) is 0 Å². The monoisotopic (exact) mass is 480 g/mol. The van der Waals surface area contributed by atoms with Crippen molar-refractivity contribution >= 4 is 21.6 Å². The molecule has 2 unspecified atom stereocenters. The first-order chi connectivity index (χ1) is 15.5. The van der Waals surface area contributed by atoms with Gasteiger partial charge in [-0.3, -0.25) is 9.52 Å². The number of carbonyl (C=O) groups excluding carboxylic acids is 1. The lowest BCUT2D eigenvalue weighted by molar-refractivity contribution is -0.244. The predicted octanol–water partition coefficient (Wildman–Crippen LogP) is 0.356. The van der Waals surface area contributed by atoms with E-state index in [4.69, 9.17) is 9.47 Å². The summed E-state index contributed by atoms with van der Waals surface area (Å²) in [5, 5.41) is 32.8. The quantitative estimate of drug-likeness (QED) is 0.380. The van der Waals surface area contributed by atoms with Crippen molar-refractivity contribution in [2.75, 3.05) is 17.6 Å². The van der Waals surface area contributed by atoms with E-state index in [1.807, 2.05) is 13.0 Å². The zero-order valence-corrected chi connectivity index (χ0v) is 19.2. The highest BCUT2D eigenvalue weighted by molar-refractivity contribution is 7.92. The molecular formula is C22H28N2O8S. The second-order valence-electron chi connectivity index (χ2n) is 7.95. The van der Waals surface area contributed by atoms with Crippen LogP contribution in [0.3, 0.4) is 0 Å². The SMILES string of the molecule is CC(=O)NC1[C@H](Oc2cccc(C)c2-c2cccc(NS(C)(=O)=O)c2)OC(CO)[C@H](O)[C@@H]1O. The molecule has 1 saturated heterocycles. The van der Waals surface area contributed by atoms with Crippen LogP contribution in [0.25, 0.3) is 11.1 Å². The number of anilines is 1. The third-order valence-corrected chi connectivity index (χ3v) is 5.79. The van der Waals surface area contributed by atoms with Crippen LogP contribution in [0, 0.1) is 6.92 Å². The van der Waals surface area contributed by atoms with Gasteiger partial charge in [-0.2, -0.15) is 0 Å². The fourth-order valence-corrected chi connectivity index (χ4v) is 4.31. The fraction of sp³-hybridized carbons (Fsp3) is 0.409. The van der Waals surface area contributed by atoms with Crippen LogP contribution in [0.4, 0.5) is 5.69 Å². The molecule has 0 aliphatic carbocycles. The van der Waals surface area contributed by atoms with Gasteiger partial charge in [-0.05, 0) is 36.2 Å². The van der Waals surface area contributed by atoms with E-state index < -0.39 is 53.2 Å².